The summed E-state index contributed by atoms with van der Waals surface area (Å²) in [5.41, 5.74) is 2.48. The molecule has 0 unspecified atom stereocenters. The molecule has 0 bridgehead atoms. The van der Waals surface area contributed by atoms with Gasteiger partial charge in [-0.05, 0) is 17.9 Å². The molecule has 0 aliphatic rings. The van der Waals surface area contributed by atoms with Crippen molar-refractivity contribution >= 4 is 11.8 Å². The van der Waals surface area contributed by atoms with Crippen LogP contribution in [0.25, 0.3) is 0 Å². The third-order valence-corrected chi connectivity index (χ3v) is 2.27. The zero-order valence-electron chi connectivity index (χ0n) is 11.1. The summed E-state index contributed by atoms with van der Waals surface area (Å²) in [4.78, 5) is 10.7. The Labute approximate surface area is 103 Å². The molecule has 0 spiro atoms. The maximum atomic E-state index is 5.33. The Morgan fingerprint density at radius 3 is 2.29 bits per heavy atom. The molecule has 0 aliphatic heterocycles. The molecule has 5 nitrogen and oxygen atoms in total. The maximum Gasteiger partial charge on any atom is 0.239 e. The van der Waals surface area contributed by atoms with Crippen LogP contribution in [0.15, 0.2) is 12.3 Å². The van der Waals surface area contributed by atoms with Crippen molar-refractivity contribution in [1.29, 1.82) is 0 Å². The molecule has 1 aromatic rings. The number of hydrogen-bond donors (Lipinski definition) is 2. The van der Waals surface area contributed by atoms with Gasteiger partial charge in [0.15, 0.2) is 0 Å². The predicted octanol–water partition coefficient (Wildman–Crippen LogP) is 1.88. The highest BCUT2D eigenvalue weighted by atomic mass is 15.3. The minimum atomic E-state index is 0.458. The fourth-order valence-electron chi connectivity index (χ4n) is 1.74. The highest BCUT2D eigenvalue weighted by Crippen LogP contribution is 2.15. The van der Waals surface area contributed by atoms with Crippen molar-refractivity contribution < 1.29 is 0 Å². The predicted molar refractivity (Wildman–Crippen MR) is 71.7 cm³/mol. The maximum absolute atomic E-state index is 5.33. The average Bonchev–Trinajstić information content (AvgIpc) is 2.27. The van der Waals surface area contributed by atoms with Crippen LogP contribution in [0.1, 0.15) is 27.7 Å². The number of anilines is 2. The number of hydrogen-bond acceptors (Lipinski definition) is 5. The Hall–Kier alpha value is -1.36. The van der Waals surface area contributed by atoms with Gasteiger partial charge >= 0.3 is 0 Å². The summed E-state index contributed by atoms with van der Waals surface area (Å²) in [5, 5.41) is 0. The van der Waals surface area contributed by atoms with Gasteiger partial charge in [-0.15, -0.1) is 0 Å². The van der Waals surface area contributed by atoms with E-state index >= 15 is 0 Å². The zero-order chi connectivity index (χ0) is 12.8. The van der Waals surface area contributed by atoms with E-state index in [0.717, 1.165) is 18.9 Å². The normalized spacial score (nSPS) is 11.0. The van der Waals surface area contributed by atoms with Gasteiger partial charge in [0, 0.05) is 19.3 Å². The molecule has 96 valence electrons. The number of nitrogen functional groups attached to an aromatic ring is 1. The number of rotatable bonds is 6. The number of nitrogens with two attached hydrogens (primary N) is 1. The number of nitrogens with zero attached hydrogens (tertiary/aromatic N) is 3. The van der Waals surface area contributed by atoms with Gasteiger partial charge in [0.1, 0.15) is 5.82 Å². The monoisotopic (exact) mass is 237 g/mol. The number of nitrogens with one attached hydrogen (secondary N) is 1. The molecule has 1 rings (SSSR count). The van der Waals surface area contributed by atoms with Gasteiger partial charge in [-0.1, -0.05) is 27.7 Å². The van der Waals surface area contributed by atoms with Crippen molar-refractivity contribution in [1.82, 2.24) is 9.97 Å². The average molecular weight is 237 g/mol. The van der Waals surface area contributed by atoms with E-state index in [1.165, 1.54) is 0 Å². The number of hydrazine groups is 1. The third kappa shape index (κ3) is 4.56. The van der Waals surface area contributed by atoms with Gasteiger partial charge < -0.3 is 4.90 Å². The molecular formula is C12H23N5. The standard InChI is InChI=1S/C12H23N5/c1-9(2)7-17(8-10(3)4)11-5-6-14-12(15-11)16-13/h5-6,9-10H,7-8,13H2,1-4H3,(H,14,15,16). The topological polar surface area (TPSA) is 67.1 Å². The van der Waals surface area contributed by atoms with Gasteiger partial charge in [-0.2, -0.15) is 4.98 Å². The van der Waals surface area contributed by atoms with Crippen LogP contribution in [0.5, 0.6) is 0 Å². The smallest absolute Gasteiger partial charge is 0.239 e. The lowest BCUT2D eigenvalue weighted by atomic mass is 10.1. The summed E-state index contributed by atoms with van der Waals surface area (Å²) in [7, 11) is 0. The van der Waals surface area contributed by atoms with E-state index in [-0.39, 0.29) is 0 Å². The van der Waals surface area contributed by atoms with Crippen LogP contribution in [0.3, 0.4) is 0 Å². The van der Waals surface area contributed by atoms with E-state index < -0.39 is 0 Å². The fourth-order valence-corrected chi connectivity index (χ4v) is 1.74. The summed E-state index contributed by atoms with van der Waals surface area (Å²) < 4.78 is 0. The first-order valence-electron chi connectivity index (χ1n) is 6.07. The Morgan fingerprint density at radius 1 is 1.24 bits per heavy atom. The molecule has 0 atom stereocenters. The molecule has 0 fully saturated rings. The molecule has 0 saturated heterocycles. The Bertz CT molecular complexity index is 327. The quantitative estimate of drug-likeness (QED) is 0.584. The van der Waals surface area contributed by atoms with Gasteiger partial charge in [0.05, 0.1) is 0 Å². The van der Waals surface area contributed by atoms with E-state index in [1.54, 1.807) is 6.20 Å². The lowest BCUT2D eigenvalue weighted by molar-refractivity contribution is 0.548. The second kappa shape index (κ2) is 6.39. The van der Waals surface area contributed by atoms with Gasteiger partial charge in [0.2, 0.25) is 5.95 Å². The Balaban J connectivity index is 2.86. The van der Waals surface area contributed by atoms with Crippen LogP contribution in [0, 0.1) is 11.8 Å². The summed E-state index contributed by atoms with van der Waals surface area (Å²) in [6, 6.07) is 1.92. The molecular weight excluding hydrogens is 214 g/mol. The first-order valence-corrected chi connectivity index (χ1v) is 6.07. The lowest BCUT2D eigenvalue weighted by Crippen LogP contribution is -2.32. The first kappa shape index (κ1) is 13.7. The zero-order valence-corrected chi connectivity index (χ0v) is 11.1. The van der Waals surface area contributed by atoms with Gasteiger partial charge in [-0.25, -0.2) is 10.8 Å². The van der Waals surface area contributed by atoms with Crippen molar-refractivity contribution in [3.63, 3.8) is 0 Å². The summed E-state index contributed by atoms with van der Waals surface area (Å²) >= 11 is 0. The van der Waals surface area contributed by atoms with E-state index in [1.807, 2.05) is 6.07 Å². The highest BCUT2D eigenvalue weighted by molar-refractivity contribution is 5.42. The molecule has 5 heteroatoms. The first-order chi connectivity index (χ1) is 8.02. The SMILES string of the molecule is CC(C)CN(CC(C)C)c1ccnc(NN)n1. The van der Waals surface area contributed by atoms with Crippen LogP contribution in [-0.2, 0) is 0 Å². The van der Waals surface area contributed by atoms with E-state index in [0.29, 0.717) is 17.8 Å². The second-order valence-corrected chi connectivity index (χ2v) is 5.08. The molecule has 0 aromatic carbocycles. The van der Waals surface area contributed by atoms with Crippen molar-refractivity contribution in [2.24, 2.45) is 17.7 Å². The lowest BCUT2D eigenvalue weighted by Gasteiger charge is -2.27. The summed E-state index contributed by atoms with van der Waals surface area (Å²) in [5.74, 6) is 7.90. The largest absolute Gasteiger partial charge is 0.356 e. The molecule has 0 amide bonds. The number of aromatic nitrogens is 2. The molecule has 0 radical (unpaired) electrons. The van der Waals surface area contributed by atoms with E-state index in [9.17, 15) is 0 Å². The van der Waals surface area contributed by atoms with Crippen molar-refractivity contribution in [2.45, 2.75) is 27.7 Å². The minimum absolute atomic E-state index is 0.458. The van der Waals surface area contributed by atoms with Crippen molar-refractivity contribution in [3.05, 3.63) is 12.3 Å². The van der Waals surface area contributed by atoms with Crippen molar-refractivity contribution in [2.75, 3.05) is 23.4 Å². The van der Waals surface area contributed by atoms with Gasteiger partial charge in [-0.3, -0.25) is 5.43 Å². The molecule has 17 heavy (non-hydrogen) atoms. The minimum Gasteiger partial charge on any atom is -0.356 e. The fraction of sp³-hybridized carbons (Fsp3) is 0.667. The Morgan fingerprint density at radius 2 is 1.82 bits per heavy atom. The van der Waals surface area contributed by atoms with E-state index in [4.69, 9.17) is 5.84 Å². The molecule has 3 N–H and O–H groups in total. The van der Waals surface area contributed by atoms with Crippen LogP contribution < -0.4 is 16.2 Å². The van der Waals surface area contributed by atoms with E-state index in [2.05, 4.69) is 48.0 Å². The third-order valence-electron chi connectivity index (χ3n) is 2.27. The van der Waals surface area contributed by atoms with Crippen LogP contribution in [-0.4, -0.2) is 23.1 Å². The highest BCUT2D eigenvalue weighted by Gasteiger charge is 2.12. The van der Waals surface area contributed by atoms with Crippen molar-refractivity contribution in [3.8, 4) is 0 Å². The van der Waals surface area contributed by atoms with Gasteiger partial charge in [0.25, 0.3) is 0 Å². The molecule has 0 saturated carbocycles. The summed E-state index contributed by atoms with van der Waals surface area (Å²) in [6.45, 7) is 10.8. The van der Waals surface area contributed by atoms with Crippen LogP contribution in [0.4, 0.5) is 11.8 Å². The second-order valence-electron chi connectivity index (χ2n) is 5.08. The molecule has 1 heterocycles. The van der Waals surface area contributed by atoms with Crippen LogP contribution in [0.2, 0.25) is 0 Å². The Kier molecular flexibility index (Phi) is 5.15. The molecule has 1 aromatic heterocycles. The summed E-state index contributed by atoms with van der Waals surface area (Å²) in [6.07, 6.45) is 1.73. The van der Waals surface area contributed by atoms with Crippen LogP contribution >= 0.6 is 0 Å². The molecule has 0 aliphatic carbocycles.